The summed E-state index contributed by atoms with van der Waals surface area (Å²) >= 11 is 1.25. The number of aromatic nitrogens is 3. The first-order valence-corrected chi connectivity index (χ1v) is 7.52. The van der Waals surface area contributed by atoms with Gasteiger partial charge in [-0.25, -0.2) is 14.8 Å². The first kappa shape index (κ1) is 15.6. The monoisotopic (exact) mass is 345 g/mol. The third-order valence-corrected chi connectivity index (χ3v) is 3.89. The van der Waals surface area contributed by atoms with Gasteiger partial charge in [-0.05, 0) is 18.2 Å². The molecule has 0 aliphatic carbocycles. The van der Waals surface area contributed by atoms with Crippen LogP contribution < -0.4 is 16.6 Å². The highest BCUT2D eigenvalue weighted by Gasteiger charge is 2.08. The van der Waals surface area contributed by atoms with Crippen molar-refractivity contribution in [1.82, 2.24) is 15.0 Å². The number of fused-ring (bicyclic) bond motifs is 1. The number of rotatable bonds is 3. The first-order chi connectivity index (χ1) is 11.4. The van der Waals surface area contributed by atoms with Crippen molar-refractivity contribution in [2.75, 3.05) is 5.32 Å². The van der Waals surface area contributed by atoms with Crippen LogP contribution in [-0.2, 0) is 4.79 Å². The summed E-state index contributed by atoms with van der Waals surface area (Å²) in [7, 11) is 0. The number of aliphatic imine (C=N–C) groups is 1. The van der Waals surface area contributed by atoms with Crippen molar-refractivity contribution in [2.45, 2.75) is 6.92 Å². The highest BCUT2D eigenvalue weighted by Crippen LogP contribution is 2.30. The molecule has 2 aromatic heterocycles. The lowest BCUT2D eigenvalue weighted by atomic mass is 10.3. The van der Waals surface area contributed by atoms with Gasteiger partial charge in [-0.2, -0.15) is 0 Å². The largest absolute Gasteiger partial charge is 0.494 e. The Bertz CT molecular complexity index is 1080. The molecule has 0 aliphatic rings. The second-order valence-electron chi connectivity index (χ2n) is 4.79. The van der Waals surface area contributed by atoms with Gasteiger partial charge in [-0.1, -0.05) is 11.3 Å². The van der Waals surface area contributed by atoms with Gasteiger partial charge in [0, 0.05) is 18.8 Å². The lowest BCUT2D eigenvalue weighted by molar-refractivity contribution is -0.114. The molecule has 0 saturated heterocycles. The number of hydrogen-bond donors (Lipinski definition) is 4. The van der Waals surface area contributed by atoms with E-state index in [0.717, 1.165) is 10.9 Å². The summed E-state index contributed by atoms with van der Waals surface area (Å²) in [6.07, 6.45) is 1.12. The Morgan fingerprint density at radius 3 is 2.88 bits per heavy atom. The molecule has 3 rings (SSSR count). The van der Waals surface area contributed by atoms with Gasteiger partial charge in [0.2, 0.25) is 16.9 Å². The van der Waals surface area contributed by atoms with Crippen LogP contribution in [0.25, 0.3) is 10.2 Å². The van der Waals surface area contributed by atoms with Gasteiger partial charge >= 0.3 is 5.69 Å². The Kier molecular flexibility index (Phi) is 3.96. The number of aromatic amines is 2. The number of H-pyrrole nitrogens is 2. The van der Waals surface area contributed by atoms with Crippen LogP contribution in [0.3, 0.4) is 0 Å². The molecule has 9 nitrogen and oxygen atoms in total. The zero-order valence-corrected chi connectivity index (χ0v) is 13.1. The smallest absolute Gasteiger partial charge is 0.328 e. The average molecular weight is 345 g/mol. The number of carbonyl (C=O) groups is 1. The van der Waals surface area contributed by atoms with Crippen molar-refractivity contribution in [2.24, 2.45) is 4.99 Å². The summed E-state index contributed by atoms with van der Waals surface area (Å²) in [6, 6.07) is 5.22. The Morgan fingerprint density at radius 2 is 2.17 bits per heavy atom. The van der Waals surface area contributed by atoms with Gasteiger partial charge in [0.25, 0.3) is 5.56 Å². The second kappa shape index (κ2) is 6.08. The van der Waals surface area contributed by atoms with E-state index in [1.54, 1.807) is 18.2 Å². The van der Waals surface area contributed by atoms with Crippen LogP contribution >= 0.6 is 11.3 Å². The summed E-state index contributed by atoms with van der Waals surface area (Å²) in [5, 5.41) is 12.6. The van der Waals surface area contributed by atoms with Crippen molar-refractivity contribution in [1.29, 1.82) is 0 Å². The zero-order chi connectivity index (χ0) is 17.3. The minimum atomic E-state index is -0.805. The molecule has 24 heavy (non-hydrogen) atoms. The second-order valence-corrected chi connectivity index (χ2v) is 5.80. The van der Waals surface area contributed by atoms with Crippen molar-refractivity contribution in [3.05, 3.63) is 44.6 Å². The number of benzene rings is 1. The minimum absolute atomic E-state index is 0.173. The zero-order valence-electron chi connectivity index (χ0n) is 12.3. The Hall–Kier alpha value is -3.27. The highest BCUT2D eigenvalue weighted by atomic mass is 32.1. The molecular weight excluding hydrogens is 334 g/mol. The Morgan fingerprint density at radius 1 is 1.38 bits per heavy atom. The van der Waals surface area contributed by atoms with Gasteiger partial charge < -0.3 is 10.4 Å². The SMILES string of the molecule is CC(=O)Nc1ccc2nc(/N=C/c3c(O)[nH]c(=O)[nH]c3=O)sc2c1. The Balaban J connectivity index is 1.94. The normalized spacial score (nSPS) is 11.2. The van der Waals surface area contributed by atoms with Crippen molar-refractivity contribution < 1.29 is 9.90 Å². The molecule has 2 heterocycles. The summed E-state index contributed by atoms with van der Waals surface area (Å²) in [5.41, 5.74) is -0.410. The number of nitrogens with one attached hydrogen (secondary N) is 3. The molecule has 0 fully saturated rings. The van der Waals surface area contributed by atoms with Crippen LogP contribution in [0.15, 0.2) is 32.8 Å². The average Bonchev–Trinajstić information content (AvgIpc) is 2.87. The maximum Gasteiger partial charge on any atom is 0.328 e. The fourth-order valence-electron chi connectivity index (χ4n) is 1.97. The molecule has 0 unspecified atom stereocenters. The fourth-order valence-corrected chi connectivity index (χ4v) is 2.82. The molecule has 3 aromatic rings. The molecule has 122 valence electrons. The minimum Gasteiger partial charge on any atom is -0.494 e. The van der Waals surface area contributed by atoms with E-state index >= 15 is 0 Å². The van der Waals surface area contributed by atoms with Crippen molar-refractivity contribution in [3.8, 4) is 5.88 Å². The van der Waals surface area contributed by atoms with E-state index in [-0.39, 0.29) is 11.5 Å². The molecule has 0 radical (unpaired) electrons. The van der Waals surface area contributed by atoms with Crippen LogP contribution in [0.1, 0.15) is 12.5 Å². The Labute approximate surface area is 137 Å². The number of hydrogen-bond acceptors (Lipinski definition) is 7. The van der Waals surface area contributed by atoms with Gasteiger partial charge in [-0.3, -0.25) is 19.6 Å². The fraction of sp³-hybridized carbons (Fsp3) is 0.0714. The van der Waals surface area contributed by atoms with E-state index in [1.807, 2.05) is 4.98 Å². The van der Waals surface area contributed by atoms with Crippen LogP contribution in [0.4, 0.5) is 10.8 Å². The van der Waals surface area contributed by atoms with Crippen LogP contribution in [0, 0.1) is 0 Å². The van der Waals surface area contributed by atoms with Crippen LogP contribution in [0.5, 0.6) is 5.88 Å². The summed E-state index contributed by atoms with van der Waals surface area (Å²) in [6.45, 7) is 1.42. The molecule has 4 N–H and O–H groups in total. The molecule has 0 spiro atoms. The van der Waals surface area contributed by atoms with E-state index in [2.05, 4.69) is 20.3 Å². The first-order valence-electron chi connectivity index (χ1n) is 6.70. The highest BCUT2D eigenvalue weighted by molar-refractivity contribution is 7.22. The predicted molar refractivity (Wildman–Crippen MR) is 90.5 cm³/mol. The predicted octanol–water partition coefficient (Wildman–Crippen LogP) is 1.09. The van der Waals surface area contributed by atoms with E-state index in [1.165, 1.54) is 18.3 Å². The molecule has 0 aliphatic heterocycles. The standard InChI is InChI=1S/C14H11N5O4S/c1-6(20)16-7-2-3-9-10(4-7)24-14(17-9)15-5-8-11(21)18-13(23)19-12(8)22/h2-5H,1H3,(H,16,20)(H3,18,19,21,22,23)/b15-5+. The number of nitrogens with zero attached hydrogens (tertiary/aromatic N) is 2. The van der Waals surface area contributed by atoms with Gasteiger partial charge in [-0.15, -0.1) is 0 Å². The number of anilines is 1. The summed E-state index contributed by atoms with van der Waals surface area (Å²) < 4.78 is 0.799. The lowest BCUT2D eigenvalue weighted by Gasteiger charge is -1.99. The molecular formula is C14H11N5O4S. The third kappa shape index (κ3) is 3.22. The number of carbonyl (C=O) groups excluding carboxylic acids is 1. The van der Waals surface area contributed by atoms with E-state index in [4.69, 9.17) is 0 Å². The maximum atomic E-state index is 11.6. The van der Waals surface area contributed by atoms with Crippen molar-refractivity contribution in [3.63, 3.8) is 0 Å². The molecule has 1 amide bonds. The third-order valence-electron chi connectivity index (χ3n) is 2.96. The van der Waals surface area contributed by atoms with Crippen LogP contribution in [0.2, 0.25) is 0 Å². The topological polar surface area (TPSA) is 140 Å². The maximum absolute atomic E-state index is 11.6. The number of aromatic hydroxyl groups is 1. The van der Waals surface area contributed by atoms with Gasteiger partial charge in [0.1, 0.15) is 5.56 Å². The molecule has 10 heteroatoms. The molecule has 0 saturated carbocycles. The van der Waals surface area contributed by atoms with Crippen LogP contribution in [-0.4, -0.2) is 32.2 Å². The van der Waals surface area contributed by atoms with E-state index in [9.17, 15) is 19.5 Å². The van der Waals surface area contributed by atoms with Crippen molar-refractivity contribution >= 4 is 44.5 Å². The van der Waals surface area contributed by atoms with E-state index in [0.29, 0.717) is 16.3 Å². The molecule has 0 bridgehead atoms. The summed E-state index contributed by atoms with van der Waals surface area (Å²) in [4.78, 5) is 46.1. The summed E-state index contributed by atoms with van der Waals surface area (Å²) in [5.74, 6) is -0.744. The quantitative estimate of drug-likeness (QED) is 0.526. The molecule has 0 atom stereocenters. The van der Waals surface area contributed by atoms with Gasteiger partial charge in [0.15, 0.2) is 0 Å². The number of amides is 1. The van der Waals surface area contributed by atoms with Gasteiger partial charge in [0.05, 0.1) is 10.2 Å². The number of thiazole rings is 1. The lowest BCUT2D eigenvalue weighted by Crippen LogP contribution is -2.24. The molecule has 1 aromatic carbocycles. The van der Waals surface area contributed by atoms with E-state index < -0.39 is 17.1 Å².